The van der Waals surface area contributed by atoms with Gasteiger partial charge in [-0.1, -0.05) is 58.7 Å². The molecule has 0 aliphatic rings. The molecular formula is C31H49NO3. The van der Waals surface area contributed by atoms with Gasteiger partial charge < -0.3 is 14.2 Å². The van der Waals surface area contributed by atoms with Crippen LogP contribution < -0.4 is 9.47 Å². The van der Waals surface area contributed by atoms with Gasteiger partial charge in [0.05, 0.1) is 20.3 Å². The molecule has 0 fully saturated rings. The lowest BCUT2D eigenvalue weighted by atomic mass is 10.1. The van der Waals surface area contributed by atoms with Crippen molar-refractivity contribution in [3.05, 3.63) is 70.9 Å². The lowest BCUT2D eigenvalue weighted by Gasteiger charge is -2.20. The molecule has 196 valence electrons. The van der Waals surface area contributed by atoms with E-state index in [4.69, 9.17) is 14.2 Å². The van der Waals surface area contributed by atoms with Gasteiger partial charge in [-0.05, 0) is 79.4 Å². The number of methoxy groups -OCH3 is 1. The van der Waals surface area contributed by atoms with Gasteiger partial charge in [0.25, 0.3) is 0 Å². The van der Waals surface area contributed by atoms with Gasteiger partial charge in [0.2, 0.25) is 0 Å². The van der Waals surface area contributed by atoms with Crippen molar-refractivity contribution >= 4 is 0 Å². The molecule has 0 bridgehead atoms. The average molecular weight is 484 g/mol. The van der Waals surface area contributed by atoms with Gasteiger partial charge >= 0.3 is 0 Å². The van der Waals surface area contributed by atoms with Gasteiger partial charge in [0.1, 0.15) is 6.61 Å². The molecule has 4 heteroatoms. The standard InChI is InChI=1S/C31H49NO3/c1-26(2)12-10-14-28(5)18-20-32(21-19-29(6)15-11-13-27(3)4)22-23-34-24-25-35-31-17-9-8-16-30(31)33-7/h8-9,12-13,16-19H,10-11,14-15,20-25H2,1-7H3. The Balaban J connectivity index is 2.52. The van der Waals surface area contributed by atoms with E-state index in [-0.39, 0.29) is 0 Å². The molecule has 0 N–H and O–H groups in total. The minimum absolute atomic E-state index is 0.507. The normalized spacial score (nSPS) is 12.0. The van der Waals surface area contributed by atoms with E-state index in [0.29, 0.717) is 19.8 Å². The second-order valence-corrected chi connectivity index (χ2v) is 9.61. The highest BCUT2D eigenvalue weighted by atomic mass is 16.5. The quantitative estimate of drug-likeness (QED) is 0.158. The number of hydrogen-bond acceptors (Lipinski definition) is 4. The van der Waals surface area contributed by atoms with Crippen LogP contribution in [0.1, 0.15) is 67.2 Å². The smallest absolute Gasteiger partial charge is 0.161 e. The maximum absolute atomic E-state index is 5.89. The molecule has 0 spiro atoms. The molecule has 1 aromatic rings. The first-order valence-corrected chi connectivity index (χ1v) is 13.0. The van der Waals surface area contributed by atoms with E-state index in [0.717, 1.165) is 56.8 Å². The Hall–Kier alpha value is -2.30. The van der Waals surface area contributed by atoms with Crippen molar-refractivity contribution in [2.75, 3.05) is 46.6 Å². The maximum atomic E-state index is 5.89. The molecule has 1 aromatic carbocycles. The van der Waals surface area contributed by atoms with Crippen LogP contribution in [0.5, 0.6) is 11.5 Å². The Bertz CT molecular complexity index is 787. The lowest BCUT2D eigenvalue weighted by molar-refractivity contribution is 0.0834. The van der Waals surface area contributed by atoms with E-state index in [9.17, 15) is 0 Å². The molecule has 1 rings (SSSR count). The highest BCUT2D eigenvalue weighted by molar-refractivity contribution is 5.39. The second kappa shape index (κ2) is 19.0. The Morgan fingerprint density at radius 1 is 0.714 bits per heavy atom. The zero-order chi connectivity index (χ0) is 25.9. The summed E-state index contributed by atoms with van der Waals surface area (Å²) in [5.74, 6) is 1.50. The SMILES string of the molecule is COc1ccccc1OCCOCCN(CC=C(C)CCC=C(C)C)CC=C(C)CCC=C(C)C. The average Bonchev–Trinajstić information content (AvgIpc) is 2.82. The highest BCUT2D eigenvalue weighted by Crippen LogP contribution is 2.25. The molecule has 0 saturated carbocycles. The third-order valence-electron chi connectivity index (χ3n) is 5.68. The molecule has 0 amide bonds. The number of benzene rings is 1. The third kappa shape index (κ3) is 16.1. The summed E-state index contributed by atoms with van der Waals surface area (Å²) in [6.07, 6.45) is 13.8. The van der Waals surface area contributed by atoms with E-state index in [1.165, 1.54) is 22.3 Å². The summed E-state index contributed by atoms with van der Waals surface area (Å²) in [4.78, 5) is 2.45. The van der Waals surface area contributed by atoms with Crippen LogP contribution in [0.25, 0.3) is 0 Å². The monoisotopic (exact) mass is 483 g/mol. The first kappa shape index (κ1) is 30.7. The number of rotatable bonds is 18. The predicted molar refractivity (Wildman–Crippen MR) is 151 cm³/mol. The van der Waals surface area contributed by atoms with Crippen molar-refractivity contribution in [3.63, 3.8) is 0 Å². The van der Waals surface area contributed by atoms with Crippen LogP contribution in [-0.2, 0) is 4.74 Å². The fourth-order valence-electron chi connectivity index (χ4n) is 3.45. The number of ether oxygens (including phenoxy) is 3. The molecule has 0 radical (unpaired) electrons. The maximum Gasteiger partial charge on any atom is 0.161 e. The summed E-state index contributed by atoms with van der Waals surface area (Å²) in [6.45, 7) is 17.7. The molecule has 0 heterocycles. The summed E-state index contributed by atoms with van der Waals surface area (Å²) in [5, 5.41) is 0. The molecule has 0 aliphatic heterocycles. The lowest BCUT2D eigenvalue weighted by Crippen LogP contribution is -2.29. The first-order chi connectivity index (χ1) is 16.8. The van der Waals surface area contributed by atoms with E-state index in [2.05, 4.69) is 70.7 Å². The Morgan fingerprint density at radius 3 is 1.77 bits per heavy atom. The molecule has 0 atom stereocenters. The van der Waals surface area contributed by atoms with Crippen molar-refractivity contribution in [1.82, 2.24) is 4.90 Å². The minimum Gasteiger partial charge on any atom is -0.493 e. The summed E-state index contributed by atoms with van der Waals surface area (Å²) >= 11 is 0. The number of para-hydroxylation sites is 2. The van der Waals surface area contributed by atoms with Gasteiger partial charge in [0, 0.05) is 19.6 Å². The molecule has 0 saturated heterocycles. The largest absolute Gasteiger partial charge is 0.493 e. The number of nitrogens with zero attached hydrogens (tertiary/aromatic N) is 1. The van der Waals surface area contributed by atoms with Gasteiger partial charge in [-0.15, -0.1) is 0 Å². The van der Waals surface area contributed by atoms with Crippen molar-refractivity contribution in [3.8, 4) is 11.5 Å². The van der Waals surface area contributed by atoms with Crippen LogP contribution in [0, 0.1) is 0 Å². The van der Waals surface area contributed by atoms with Crippen LogP contribution >= 0.6 is 0 Å². The topological polar surface area (TPSA) is 30.9 Å². The Labute approximate surface area is 215 Å². The van der Waals surface area contributed by atoms with E-state index in [1.807, 2.05) is 24.3 Å². The van der Waals surface area contributed by atoms with Crippen LogP contribution in [0.4, 0.5) is 0 Å². The highest BCUT2D eigenvalue weighted by Gasteiger charge is 2.05. The minimum atomic E-state index is 0.507. The van der Waals surface area contributed by atoms with Crippen LogP contribution in [0.2, 0.25) is 0 Å². The van der Waals surface area contributed by atoms with Gasteiger partial charge in [-0.3, -0.25) is 4.90 Å². The van der Waals surface area contributed by atoms with Crippen molar-refractivity contribution in [2.24, 2.45) is 0 Å². The van der Waals surface area contributed by atoms with Crippen molar-refractivity contribution in [2.45, 2.75) is 67.2 Å². The fourth-order valence-corrected chi connectivity index (χ4v) is 3.45. The van der Waals surface area contributed by atoms with Crippen LogP contribution in [-0.4, -0.2) is 51.5 Å². The fraction of sp³-hybridized carbons (Fsp3) is 0.548. The van der Waals surface area contributed by atoms with E-state index >= 15 is 0 Å². The summed E-state index contributed by atoms with van der Waals surface area (Å²) in [7, 11) is 1.66. The van der Waals surface area contributed by atoms with Crippen LogP contribution in [0.15, 0.2) is 70.9 Å². The Morgan fingerprint density at radius 2 is 1.26 bits per heavy atom. The number of hydrogen-bond donors (Lipinski definition) is 0. The van der Waals surface area contributed by atoms with Crippen molar-refractivity contribution < 1.29 is 14.2 Å². The zero-order valence-corrected chi connectivity index (χ0v) is 23.4. The van der Waals surface area contributed by atoms with Gasteiger partial charge in [-0.25, -0.2) is 0 Å². The van der Waals surface area contributed by atoms with Gasteiger partial charge in [-0.2, -0.15) is 0 Å². The van der Waals surface area contributed by atoms with Gasteiger partial charge in [0.15, 0.2) is 11.5 Å². The third-order valence-corrected chi connectivity index (χ3v) is 5.68. The molecule has 4 nitrogen and oxygen atoms in total. The summed E-state index contributed by atoms with van der Waals surface area (Å²) < 4.78 is 17.0. The summed E-state index contributed by atoms with van der Waals surface area (Å²) in [6, 6.07) is 7.70. The van der Waals surface area contributed by atoms with E-state index in [1.54, 1.807) is 7.11 Å². The van der Waals surface area contributed by atoms with Crippen molar-refractivity contribution in [1.29, 1.82) is 0 Å². The molecule has 35 heavy (non-hydrogen) atoms. The Kier molecular flexibility index (Phi) is 16.6. The number of allylic oxidation sites excluding steroid dienone is 6. The van der Waals surface area contributed by atoms with Crippen LogP contribution in [0.3, 0.4) is 0 Å². The molecule has 0 unspecified atom stereocenters. The second-order valence-electron chi connectivity index (χ2n) is 9.61. The predicted octanol–water partition coefficient (Wildman–Crippen LogP) is 7.78. The molecular weight excluding hydrogens is 434 g/mol. The molecule has 0 aromatic heterocycles. The zero-order valence-electron chi connectivity index (χ0n) is 23.4. The van der Waals surface area contributed by atoms with E-state index < -0.39 is 0 Å². The molecule has 0 aliphatic carbocycles. The summed E-state index contributed by atoms with van der Waals surface area (Å²) in [5.41, 5.74) is 5.67. The first-order valence-electron chi connectivity index (χ1n) is 13.0.